The van der Waals surface area contributed by atoms with Gasteiger partial charge in [0, 0.05) is 36.1 Å². The number of nitrogens with one attached hydrogen (secondary N) is 1. The predicted molar refractivity (Wildman–Crippen MR) is 101 cm³/mol. The normalized spacial score (nSPS) is 10.7. The number of aliphatic carboxylic acids is 1. The molecule has 3 rings (SSSR count). The van der Waals surface area contributed by atoms with Gasteiger partial charge >= 0.3 is 5.97 Å². The van der Waals surface area contributed by atoms with Crippen LogP contribution < -0.4 is 5.32 Å². The van der Waals surface area contributed by atoms with E-state index in [1.807, 2.05) is 61.0 Å². The van der Waals surface area contributed by atoms with Gasteiger partial charge in [0.15, 0.2) is 5.82 Å². The Bertz CT molecular complexity index is 903. The second-order valence-corrected chi connectivity index (χ2v) is 6.20. The summed E-state index contributed by atoms with van der Waals surface area (Å²) in [6, 6.07) is 13.6. The zero-order valence-corrected chi connectivity index (χ0v) is 14.9. The van der Waals surface area contributed by atoms with Crippen molar-refractivity contribution in [1.82, 2.24) is 14.8 Å². The molecule has 0 unspecified atom stereocenters. The maximum Gasteiger partial charge on any atom is 0.303 e. The molecule has 3 aromatic rings. The molecule has 6 nitrogen and oxygen atoms in total. The highest BCUT2D eigenvalue weighted by Gasteiger charge is 2.13. The highest BCUT2D eigenvalue weighted by molar-refractivity contribution is 5.67. The lowest BCUT2D eigenvalue weighted by molar-refractivity contribution is -0.136. The summed E-state index contributed by atoms with van der Waals surface area (Å²) in [7, 11) is 0. The van der Waals surface area contributed by atoms with Crippen molar-refractivity contribution < 1.29 is 9.90 Å². The van der Waals surface area contributed by atoms with E-state index in [0.717, 1.165) is 34.0 Å². The monoisotopic (exact) mass is 350 g/mol. The van der Waals surface area contributed by atoms with Crippen LogP contribution in [-0.4, -0.2) is 25.8 Å². The summed E-state index contributed by atoms with van der Waals surface area (Å²) in [5, 5.41) is 16.8. The minimum atomic E-state index is -0.781. The molecule has 0 aliphatic rings. The van der Waals surface area contributed by atoms with Crippen molar-refractivity contribution in [3.8, 4) is 5.82 Å². The topological polar surface area (TPSA) is 80.0 Å². The van der Waals surface area contributed by atoms with E-state index in [1.165, 1.54) is 0 Å². The van der Waals surface area contributed by atoms with E-state index in [-0.39, 0.29) is 6.42 Å². The maximum atomic E-state index is 10.7. The Kier molecular flexibility index (Phi) is 5.31. The van der Waals surface area contributed by atoms with E-state index in [1.54, 1.807) is 6.20 Å². The number of rotatable bonds is 7. The van der Waals surface area contributed by atoms with Crippen molar-refractivity contribution in [3.05, 3.63) is 71.2 Å². The molecule has 0 bridgehead atoms. The molecule has 0 aliphatic heterocycles. The Morgan fingerprint density at radius 1 is 1.19 bits per heavy atom. The van der Waals surface area contributed by atoms with Crippen LogP contribution in [0.4, 0.5) is 5.69 Å². The molecular formula is C20H22N4O2. The number of benzene rings is 1. The van der Waals surface area contributed by atoms with Gasteiger partial charge in [-0.2, -0.15) is 5.10 Å². The molecule has 134 valence electrons. The molecule has 0 spiro atoms. The zero-order valence-electron chi connectivity index (χ0n) is 14.9. The Balaban J connectivity index is 1.73. The fraction of sp³-hybridized carbons (Fsp3) is 0.250. The van der Waals surface area contributed by atoms with Crippen LogP contribution in [0, 0.1) is 13.8 Å². The fourth-order valence-electron chi connectivity index (χ4n) is 2.91. The van der Waals surface area contributed by atoms with Gasteiger partial charge in [0.2, 0.25) is 0 Å². The van der Waals surface area contributed by atoms with Gasteiger partial charge in [0.1, 0.15) is 0 Å². The first-order chi connectivity index (χ1) is 12.5. The van der Waals surface area contributed by atoms with Crippen LogP contribution in [0.15, 0.2) is 48.7 Å². The number of carboxylic acids is 1. The smallest absolute Gasteiger partial charge is 0.303 e. The van der Waals surface area contributed by atoms with Gasteiger partial charge < -0.3 is 10.4 Å². The first kappa shape index (κ1) is 17.7. The molecule has 0 amide bonds. The molecule has 0 fully saturated rings. The Morgan fingerprint density at radius 3 is 2.77 bits per heavy atom. The van der Waals surface area contributed by atoms with Crippen LogP contribution in [0.2, 0.25) is 0 Å². The molecular weight excluding hydrogens is 328 g/mol. The van der Waals surface area contributed by atoms with Gasteiger partial charge in [0.25, 0.3) is 0 Å². The number of hydrogen-bond donors (Lipinski definition) is 2. The van der Waals surface area contributed by atoms with Gasteiger partial charge in [-0.05, 0) is 50.1 Å². The largest absolute Gasteiger partial charge is 0.481 e. The number of hydrogen-bond acceptors (Lipinski definition) is 4. The second-order valence-electron chi connectivity index (χ2n) is 6.20. The van der Waals surface area contributed by atoms with Crippen molar-refractivity contribution in [2.75, 3.05) is 5.32 Å². The zero-order chi connectivity index (χ0) is 18.5. The number of carbonyl (C=O) groups is 1. The molecule has 2 aromatic heterocycles. The van der Waals surface area contributed by atoms with Gasteiger partial charge in [-0.3, -0.25) is 4.79 Å². The third-order valence-electron chi connectivity index (χ3n) is 4.33. The molecule has 2 heterocycles. The van der Waals surface area contributed by atoms with Crippen LogP contribution in [0.5, 0.6) is 0 Å². The minimum Gasteiger partial charge on any atom is -0.481 e. The molecule has 0 saturated heterocycles. The lowest BCUT2D eigenvalue weighted by Crippen LogP contribution is -2.04. The van der Waals surface area contributed by atoms with Crippen LogP contribution in [0.3, 0.4) is 0 Å². The van der Waals surface area contributed by atoms with E-state index in [4.69, 9.17) is 5.11 Å². The van der Waals surface area contributed by atoms with Crippen molar-refractivity contribution in [1.29, 1.82) is 0 Å². The van der Waals surface area contributed by atoms with Gasteiger partial charge in [-0.25, -0.2) is 9.67 Å². The standard InChI is InChI=1S/C20H22N4O2/c1-14-18(15(2)24(23-14)19-8-3-4-11-21-19)13-22-17-7-5-6-16(12-17)9-10-20(25)26/h3-8,11-12,22H,9-10,13H2,1-2H3,(H,25,26). The summed E-state index contributed by atoms with van der Waals surface area (Å²) in [6.45, 7) is 4.68. The number of nitrogens with zero attached hydrogens (tertiary/aromatic N) is 3. The Labute approximate surface area is 152 Å². The average molecular weight is 350 g/mol. The van der Waals surface area contributed by atoms with Crippen molar-refractivity contribution >= 4 is 11.7 Å². The first-order valence-electron chi connectivity index (χ1n) is 8.55. The quantitative estimate of drug-likeness (QED) is 0.681. The van der Waals surface area contributed by atoms with E-state index in [0.29, 0.717) is 13.0 Å². The fourth-order valence-corrected chi connectivity index (χ4v) is 2.91. The van der Waals surface area contributed by atoms with E-state index in [2.05, 4.69) is 15.4 Å². The van der Waals surface area contributed by atoms with E-state index in [9.17, 15) is 4.79 Å². The van der Waals surface area contributed by atoms with E-state index >= 15 is 0 Å². The number of aryl methyl sites for hydroxylation is 2. The highest BCUT2D eigenvalue weighted by atomic mass is 16.4. The van der Waals surface area contributed by atoms with E-state index < -0.39 is 5.97 Å². The van der Waals surface area contributed by atoms with Crippen LogP contribution in [0.1, 0.15) is 28.9 Å². The molecule has 6 heteroatoms. The molecule has 1 aromatic carbocycles. The van der Waals surface area contributed by atoms with Crippen LogP contribution in [-0.2, 0) is 17.8 Å². The summed E-state index contributed by atoms with van der Waals surface area (Å²) in [6.07, 6.45) is 2.42. The first-order valence-corrected chi connectivity index (χ1v) is 8.55. The highest BCUT2D eigenvalue weighted by Crippen LogP contribution is 2.19. The minimum absolute atomic E-state index is 0.137. The SMILES string of the molecule is Cc1nn(-c2ccccn2)c(C)c1CNc1cccc(CCC(=O)O)c1. The second kappa shape index (κ2) is 7.82. The number of pyridine rings is 1. The average Bonchev–Trinajstić information content (AvgIpc) is 2.93. The van der Waals surface area contributed by atoms with Crippen LogP contribution >= 0.6 is 0 Å². The summed E-state index contributed by atoms with van der Waals surface area (Å²) in [5.41, 5.74) is 5.12. The third kappa shape index (κ3) is 4.08. The van der Waals surface area contributed by atoms with Crippen molar-refractivity contribution in [2.45, 2.75) is 33.2 Å². The lowest BCUT2D eigenvalue weighted by atomic mass is 10.1. The Hall–Kier alpha value is -3.15. The number of carboxylic acid groups (broad SMARTS) is 1. The third-order valence-corrected chi connectivity index (χ3v) is 4.33. The van der Waals surface area contributed by atoms with Crippen molar-refractivity contribution in [2.24, 2.45) is 0 Å². The maximum absolute atomic E-state index is 10.7. The van der Waals surface area contributed by atoms with Gasteiger partial charge in [0.05, 0.1) is 5.69 Å². The molecule has 0 atom stereocenters. The van der Waals surface area contributed by atoms with Crippen molar-refractivity contribution in [3.63, 3.8) is 0 Å². The molecule has 0 radical (unpaired) electrons. The Morgan fingerprint density at radius 2 is 2.04 bits per heavy atom. The summed E-state index contributed by atoms with van der Waals surface area (Å²) < 4.78 is 1.86. The lowest BCUT2D eigenvalue weighted by Gasteiger charge is -2.09. The molecule has 26 heavy (non-hydrogen) atoms. The summed E-state index contributed by atoms with van der Waals surface area (Å²) >= 11 is 0. The number of anilines is 1. The van der Waals surface area contributed by atoms with Gasteiger partial charge in [-0.15, -0.1) is 0 Å². The summed E-state index contributed by atoms with van der Waals surface area (Å²) in [5.74, 6) is 0.0200. The summed E-state index contributed by atoms with van der Waals surface area (Å²) in [4.78, 5) is 15.1. The predicted octanol–water partition coefficient (Wildman–Crippen LogP) is 3.51. The molecule has 0 saturated carbocycles. The number of aromatic nitrogens is 3. The van der Waals surface area contributed by atoms with Crippen LogP contribution in [0.25, 0.3) is 5.82 Å². The molecule has 0 aliphatic carbocycles. The van der Waals surface area contributed by atoms with Gasteiger partial charge in [-0.1, -0.05) is 18.2 Å². The molecule has 2 N–H and O–H groups in total.